The molecule has 0 saturated heterocycles. The number of hydrogen-bond donors (Lipinski definition) is 1. The zero-order valence-electron chi connectivity index (χ0n) is 13.1. The minimum Gasteiger partial charge on any atom is -0.309 e. The average Bonchev–Trinajstić information content (AvgIpc) is 3.03. The van der Waals surface area contributed by atoms with Crippen molar-refractivity contribution >= 4 is 0 Å². The standard InChI is InChI=1S/C19H27N/c1-18(2)15-8-9-19(3,12-15)17(18)20-16-10-13-6-4-5-7-14(13)11-16/h4-7,15-17,20H,8-12H2,1-3H3/t15-,17?,19+/m0/s1. The topological polar surface area (TPSA) is 12.0 Å². The minimum absolute atomic E-state index is 0.474. The lowest BCUT2D eigenvalue weighted by Gasteiger charge is -2.44. The van der Waals surface area contributed by atoms with Gasteiger partial charge in [-0.2, -0.15) is 0 Å². The molecule has 2 saturated carbocycles. The second-order valence-corrected chi connectivity index (χ2v) is 8.39. The molecule has 4 rings (SSSR count). The second kappa shape index (κ2) is 4.10. The average molecular weight is 269 g/mol. The predicted octanol–water partition coefficient (Wildman–Crippen LogP) is 3.96. The highest BCUT2D eigenvalue weighted by molar-refractivity contribution is 5.33. The highest BCUT2D eigenvalue weighted by Gasteiger charge is 2.59. The van der Waals surface area contributed by atoms with Gasteiger partial charge in [0, 0.05) is 12.1 Å². The number of fused-ring (bicyclic) bond motifs is 3. The molecule has 3 aliphatic carbocycles. The van der Waals surface area contributed by atoms with Crippen molar-refractivity contribution in [2.24, 2.45) is 16.7 Å². The number of rotatable bonds is 2. The zero-order chi connectivity index (χ0) is 14.0. The van der Waals surface area contributed by atoms with E-state index >= 15 is 0 Å². The fourth-order valence-electron chi connectivity index (χ4n) is 5.63. The predicted molar refractivity (Wildman–Crippen MR) is 83.8 cm³/mol. The Kier molecular flexibility index (Phi) is 2.64. The van der Waals surface area contributed by atoms with Gasteiger partial charge in [0.1, 0.15) is 0 Å². The van der Waals surface area contributed by atoms with Gasteiger partial charge in [0.15, 0.2) is 0 Å². The molecule has 2 bridgehead atoms. The summed E-state index contributed by atoms with van der Waals surface area (Å²) in [5, 5.41) is 4.09. The Morgan fingerprint density at radius 2 is 1.70 bits per heavy atom. The molecule has 3 atom stereocenters. The van der Waals surface area contributed by atoms with Crippen LogP contribution in [0.5, 0.6) is 0 Å². The van der Waals surface area contributed by atoms with Crippen LogP contribution in [0.15, 0.2) is 24.3 Å². The van der Waals surface area contributed by atoms with E-state index in [9.17, 15) is 0 Å². The summed E-state index contributed by atoms with van der Waals surface area (Å²) in [5.41, 5.74) is 4.15. The van der Waals surface area contributed by atoms with E-state index < -0.39 is 0 Å². The van der Waals surface area contributed by atoms with Crippen molar-refractivity contribution in [2.75, 3.05) is 0 Å². The first kappa shape index (κ1) is 12.9. The van der Waals surface area contributed by atoms with Gasteiger partial charge in [-0.3, -0.25) is 0 Å². The first-order valence-electron chi connectivity index (χ1n) is 8.32. The molecule has 1 N–H and O–H groups in total. The molecule has 0 aromatic heterocycles. The van der Waals surface area contributed by atoms with Crippen LogP contribution in [0.4, 0.5) is 0 Å². The van der Waals surface area contributed by atoms with Crippen LogP contribution in [-0.4, -0.2) is 12.1 Å². The summed E-state index contributed by atoms with van der Waals surface area (Å²) in [6, 6.07) is 10.4. The van der Waals surface area contributed by atoms with E-state index in [-0.39, 0.29) is 0 Å². The first-order valence-corrected chi connectivity index (χ1v) is 8.32. The van der Waals surface area contributed by atoms with Crippen LogP contribution in [0.1, 0.15) is 51.2 Å². The van der Waals surface area contributed by atoms with Crippen molar-refractivity contribution < 1.29 is 0 Å². The van der Waals surface area contributed by atoms with Crippen LogP contribution in [0.2, 0.25) is 0 Å². The summed E-state index contributed by atoms with van der Waals surface area (Å²) in [6.45, 7) is 7.53. The fourth-order valence-corrected chi connectivity index (χ4v) is 5.63. The van der Waals surface area contributed by atoms with Crippen LogP contribution in [0.3, 0.4) is 0 Å². The molecule has 1 heteroatoms. The second-order valence-electron chi connectivity index (χ2n) is 8.39. The van der Waals surface area contributed by atoms with Gasteiger partial charge in [0.2, 0.25) is 0 Å². The summed E-state index contributed by atoms with van der Waals surface area (Å²) >= 11 is 0. The van der Waals surface area contributed by atoms with E-state index in [0.717, 1.165) is 5.92 Å². The largest absolute Gasteiger partial charge is 0.309 e. The zero-order valence-corrected chi connectivity index (χ0v) is 13.1. The molecule has 1 unspecified atom stereocenters. The van der Waals surface area contributed by atoms with Gasteiger partial charge in [-0.15, -0.1) is 0 Å². The molecule has 1 aromatic carbocycles. The van der Waals surface area contributed by atoms with Gasteiger partial charge in [-0.05, 0) is 60.0 Å². The highest BCUT2D eigenvalue weighted by atomic mass is 15.0. The molecular formula is C19H27N. The Morgan fingerprint density at radius 1 is 1.05 bits per heavy atom. The third-order valence-electron chi connectivity index (χ3n) is 6.72. The third-order valence-corrected chi connectivity index (χ3v) is 6.72. The molecule has 108 valence electrons. The molecule has 1 aromatic rings. The Balaban J connectivity index is 1.53. The molecule has 3 aliphatic rings. The van der Waals surface area contributed by atoms with Crippen molar-refractivity contribution in [2.45, 2.75) is 65.0 Å². The summed E-state index contributed by atoms with van der Waals surface area (Å²) in [6.07, 6.45) is 6.77. The molecule has 2 fully saturated rings. The van der Waals surface area contributed by atoms with Crippen LogP contribution in [-0.2, 0) is 12.8 Å². The molecule has 0 heterocycles. The molecule has 0 spiro atoms. The first-order chi connectivity index (χ1) is 9.49. The van der Waals surface area contributed by atoms with Crippen LogP contribution in [0.25, 0.3) is 0 Å². The SMILES string of the molecule is CC1(C)C(NC2Cc3ccccc3C2)[C@]2(C)CC[C@H]1C2. The van der Waals surface area contributed by atoms with Gasteiger partial charge < -0.3 is 5.32 Å². The maximum absolute atomic E-state index is 4.09. The molecule has 0 radical (unpaired) electrons. The van der Waals surface area contributed by atoms with Crippen molar-refractivity contribution in [1.82, 2.24) is 5.32 Å². The van der Waals surface area contributed by atoms with E-state index in [1.807, 2.05) is 0 Å². The van der Waals surface area contributed by atoms with Crippen LogP contribution in [0, 0.1) is 16.7 Å². The van der Waals surface area contributed by atoms with Gasteiger partial charge in [0.05, 0.1) is 0 Å². The van der Waals surface area contributed by atoms with E-state index in [4.69, 9.17) is 0 Å². The van der Waals surface area contributed by atoms with Gasteiger partial charge in [0.25, 0.3) is 0 Å². The monoisotopic (exact) mass is 269 g/mol. The smallest absolute Gasteiger partial charge is 0.0178 e. The lowest BCUT2D eigenvalue weighted by atomic mass is 9.68. The van der Waals surface area contributed by atoms with Crippen molar-refractivity contribution in [3.63, 3.8) is 0 Å². The highest BCUT2D eigenvalue weighted by Crippen LogP contribution is 2.62. The molecule has 20 heavy (non-hydrogen) atoms. The number of nitrogens with one attached hydrogen (secondary N) is 1. The number of benzene rings is 1. The lowest BCUT2D eigenvalue weighted by Crippen LogP contribution is -2.54. The van der Waals surface area contributed by atoms with E-state index in [1.54, 1.807) is 11.1 Å². The molecular weight excluding hydrogens is 242 g/mol. The van der Waals surface area contributed by atoms with E-state index in [0.29, 0.717) is 22.9 Å². The number of hydrogen-bond acceptors (Lipinski definition) is 1. The maximum atomic E-state index is 4.09. The van der Waals surface area contributed by atoms with Crippen molar-refractivity contribution in [3.05, 3.63) is 35.4 Å². The van der Waals surface area contributed by atoms with E-state index in [2.05, 4.69) is 50.4 Å². The Hall–Kier alpha value is -0.820. The summed E-state index contributed by atoms with van der Waals surface area (Å²) < 4.78 is 0. The maximum Gasteiger partial charge on any atom is 0.0178 e. The van der Waals surface area contributed by atoms with Crippen molar-refractivity contribution in [1.29, 1.82) is 0 Å². The van der Waals surface area contributed by atoms with Gasteiger partial charge in [-0.25, -0.2) is 0 Å². The summed E-state index contributed by atoms with van der Waals surface area (Å²) in [4.78, 5) is 0. The third kappa shape index (κ3) is 1.72. The molecule has 1 nitrogen and oxygen atoms in total. The quantitative estimate of drug-likeness (QED) is 0.857. The minimum atomic E-state index is 0.474. The normalized spacial score (nSPS) is 38.4. The Bertz CT molecular complexity index is 503. The van der Waals surface area contributed by atoms with Crippen LogP contribution < -0.4 is 5.32 Å². The van der Waals surface area contributed by atoms with Gasteiger partial charge in [-0.1, -0.05) is 45.0 Å². The van der Waals surface area contributed by atoms with E-state index in [1.165, 1.54) is 32.1 Å². The van der Waals surface area contributed by atoms with Crippen molar-refractivity contribution in [3.8, 4) is 0 Å². The summed E-state index contributed by atoms with van der Waals surface area (Å²) in [7, 11) is 0. The summed E-state index contributed by atoms with van der Waals surface area (Å²) in [5.74, 6) is 0.939. The van der Waals surface area contributed by atoms with Crippen LogP contribution >= 0.6 is 0 Å². The fraction of sp³-hybridized carbons (Fsp3) is 0.684. The molecule has 0 aliphatic heterocycles. The Morgan fingerprint density at radius 3 is 2.25 bits per heavy atom. The Labute approximate surface area is 123 Å². The lowest BCUT2D eigenvalue weighted by molar-refractivity contribution is 0.0993. The van der Waals surface area contributed by atoms with Gasteiger partial charge >= 0.3 is 0 Å². The molecule has 0 amide bonds.